The number of rotatable bonds is 5. The highest BCUT2D eigenvalue weighted by molar-refractivity contribution is 5.74. The normalized spacial score (nSPS) is 19.0. The van der Waals surface area contributed by atoms with Crippen molar-refractivity contribution in [3.8, 4) is 0 Å². The largest absolute Gasteiger partial charge is 0.465 e. The number of nitrogens with one attached hydrogen (secondary N) is 1. The topological polar surface area (TPSA) is 61.2 Å². The Morgan fingerprint density at radius 1 is 1.00 bits per heavy atom. The number of carbonyl (C=O) groups excluding carboxylic acids is 1. The summed E-state index contributed by atoms with van der Waals surface area (Å²) in [5.41, 5.74) is 2.54. The fourth-order valence-electron chi connectivity index (χ4n) is 4.30. The number of urea groups is 1. The molecule has 4 rings (SSSR count). The van der Waals surface area contributed by atoms with E-state index in [9.17, 15) is 4.79 Å². The van der Waals surface area contributed by atoms with Gasteiger partial charge in [-0.05, 0) is 37.6 Å². The van der Waals surface area contributed by atoms with Gasteiger partial charge in [0.25, 0.3) is 0 Å². The van der Waals surface area contributed by atoms with Crippen molar-refractivity contribution in [3.63, 3.8) is 0 Å². The molecule has 2 aromatic rings. The predicted molar refractivity (Wildman–Crippen MR) is 117 cm³/mol. The lowest BCUT2D eigenvalue weighted by Crippen LogP contribution is -2.53. The fourth-order valence-corrected chi connectivity index (χ4v) is 4.30. The van der Waals surface area contributed by atoms with E-state index in [1.807, 2.05) is 24.0 Å². The number of furan rings is 1. The summed E-state index contributed by atoms with van der Waals surface area (Å²) in [6, 6.07) is 12.5. The highest BCUT2D eigenvalue weighted by Crippen LogP contribution is 2.24. The monoisotopic (exact) mass is 412 g/mol. The van der Waals surface area contributed by atoms with Crippen molar-refractivity contribution >= 4 is 11.7 Å². The Morgan fingerprint density at radius 3 is 2.40 bits per heavy atom. The number of hydrogen-bond acceptors (Lipinski definition) is 5. The number of morpholine rings is 1. The number of piperazine rings is 1. The Kier molecular flexibility index (Phi) is 6.59. The molecule has 2 aliphatic heterocycles. The zero-order valence-corrected chi connectivity index (χ0v) is 18.0. The third-order valence-electron chi connectivity index (χ3n) is 6.05. The van der Waals surface area contributed by atoms with Gasteiger partial charge in [0.2, 0.25) is 0 Å². The van der Waals surface area contributed by atoms with E-state index < -0.39 is 0 Å². The van der Waals surface area contributed by atoms with Gasteiger partial charge in [-0.25, -0.2) is 4.79 Å². The Bertz CT molecular complexity index is 838. The molecule has 2 saturated heterocycles. The minimum atomic E-state index is 0.000899. The molecule has 0 bridgehead atoms. The summed E-state index contributed by atoms with van der Waals surface area (Å²) in [7, 11) is 0. The van der Waals surface area contributed by atoms with Crippen LogP contribution in [-0.4, -0.2) is 74.9 Å². The van der Waals surface area contributed by atoms with Crippen molar-refractivity contribution in [2.45, 2.75) is 19.9 Å². The molecule has 30 heavy (non-hydrogen) atoms. The van der Waals surface area contributed by atoms with Gasteiger partial charge in [0.15, 0.2) is 0 Å². The van der Waals surface area contributed by atoms with Crippen molar-refractivity contribution in [1.82, 2.24) is 15.1 Å². The SMILES string of the molecule is Cc1ccc(C(CNC(=O)N2CCN(c3ccccc3C)CC2)N2CCOCC2)o1. The number of carbonyl (C=O) groups is 1. The Hall–Kier alpha value is -2.51. The molecule has 1 aromatic carbocycles. The summed E-state index contributed by atoms with van der Waals surface area (Å²) in [6.45, 7) is 10.9. The van der Waals surface area contributed by atoms with Gasteiger partial charge >= 0.3 is 6.03 Å². The number of para-hydroxylation sites is 1. The number of ether oxygens (including phenoxy) is 1. The van der Waals surface area contributed by atoms with Gasteiger partial charge in [0, 0.05) is 51.5 Å². The van der Waals surface area contributed by atoms with Crippen LogP contribution in [0.15, 0.2) is 40.8 Å². The van der Waals surface area contributed by atoms with Crippen LogP contribution < -0.4 is 10.2 Å². The first-order valence-electron chi connectivity index (χ1n) is 10.8. The molecule has 0 aliphatic carbocycles. The third kappa shape index (κ3) is 4.79. The van der Waals surface area contributed by atoms with Gasteiger partial charge in [-0.1, -0.05) is 18.2 Å². The van der Waals surface area contributed by atoms with Crippen LogP contribution in [0.5, 0.6) is 0 Å². The molecule has 1 unspecified atom stereocenters. The van der Waals surface area contributed by atoms with E-state index in [4.69, 9.17) is 9.15 Å². The van der Waals surface area contributed by atoms with Crippen LogP contribution in [-0.2, 0) is 4.74 Å². The lowest BCUT2D eigenvalue weighted by Gasteiger charge is -2.37. The van der Waals surface area contributed by atoms with E-state index in [0.29, 0.717) is 19.8 Å². The van der Waals surface area contributed by atoms with Gasteiger partial charge in [0.05, 0.1) is 19.3 Å². The second-order valence-corrected chi connectivity index (χ2v) is 8.06. The van der Waals surface area contributed by atoms with Crippen LogP contribution in [0.3, 0.4) is 0 Å². The number of nitrogens with zero attached hydrogens (tertiary/aromatic N) is 3. The average Bonchev–Trinajstić information content (AvgIpc) is 3.21. The fraction of sp³-hybridized carbons (Fsp3) is 0.522. The number of amides is 2. The molecule has 162 valence electrons. The number of hydrogen-bond donors (Lipinski definition) is 1. The maximum atomic E-state index is 12.9. The molecule has 1 aromatic heterocycles. The van der Waals surface area contributed by atoms with Crippen molar-refractivity contribution in [2.24, 2.45) is 0 Å². The molecule has 3 heterocycles. The molecule has 0 saturated carbocycles. The van der Waals surface area contributed by atoms with E-state index in [1.54, 1.807) is 0 Å². The van der Waals surface area contributed by atoms with Crippen molar-refractivity contribution in [2.75, 3.05) is 63.9 Å². The van der Waals surface area contributed by atoms with E-state index in [0.717, 1.165) is 50.8 Å². The van der Waals surface area contributed by atoms with Crippen molar-refractivity contribution in [3.05, 3.63) is 53.5 Å². The van der Waals surface area contributed by atoms with E-state index >= 15 is 0 Å². The molecule has 0 spiro atoms. The summed E-state index contributed by atoms with van der Waals surface area (Å²) in [5, 5.41) is 3.15. The number of aryl methyl sites for hydroxylation is 2. The highest BCUT2D eigenvalue weighted by Gasteiger charge is 2.27. The maximum absolute atomic E-state index is 12.9. The molecule has 2 amide bonds. The molecule has 1 atom stereocenters. The quantitative estimate of drug-likeness (QED) is 0.818. The Labute approximate surface area is 178 Å². The molecule has 0 radical (unpaired) electrons. The summed E-state index contributed by atoms with van der Waals surface area (Å²) >= 11 is 0. The van der Waals surface area contributed by atoms with Gasteiger partial charge in [-0.2, -0.15) is 0 Å². The Balaban J connectivity index is 1.33. The van der Waals surface area contributed by atoms with Crippen LogP contribution >= 0.6 is 0 Å². The van der Waals surface area contributed by atoms with Gasteiger partial charge in [-0.3, -0.25) is 4.90 Å². The third-order valence-corrected chi connectivity index (χ3v) is 6.05. The predicted octanol–water partition coefficient (Wildman–Crippen LogP) is 2.80. The van der Waals surface area contributed by atoms with Crippen LogP contribution in [0.25, 0.3) is 0 Å². The number of benzene rings is 1. The van der Waals surface area contributed by atoms with Gasteiger partial charge < -0.3 is 24.3 Å². The minimum Gasteiger partial charge on any atom is -0.465 e. The smallest absolute Gasteiger partial charge is 0.317 e. The summed E-state index contributed by atoms with van der Waals surface area (Å²) in [6.07, 6.45) is 0. The van der Waals surface area contributed by atoms with E-state index in [1.165, 1.54) is 11.3 Å². The highest BCUT2D eigenvalue weighted by atomic mass is 16.5. The zero-order chi connectivity index (χ0) is 20.9. The Morgan fingerprint density at radius 2 is 1.73 bits per heavy atom. The molecule has 7 nitrogen and oxygen atoms in total. The van der Waals surface area contributed by atoms with Crippen LogP contribution in [0.2, 0.25) is 0 Å². The summed E-state index contributed by atoms with van der Waals surface area (Å²) in [5.74, 6) is 1.79. The second-order valence-electron chi connectivity index (χ2n) is 8.06. The summed E-state index contributed by atoms with van der Waals surface area (Å²) in [4.78, 5) is 19.5. The van der Waals surface area contributed by atoms with Crippen molar-refractivity contribution in [1.29, 1.82) is 0 Å². The molecule has 2 aliphatic rings. The number of anilines is 1. The lowest BCUT2D eigenvalue weighted by atomic mass is 10.1. The first-order valence-corrected chi connectivity index (χ1v) is 10.8. The first kappa shape index (κ1) is 20.8. The zero-order valence-electron chi connectivity index (χ0n) is 18.0. The van der Waals surface area contributed by atoms with Gasteiger partial charge in [0.1, 0.15) is 11.5 Å². The van der Waals surface area contributed by atoms with Crippen molar-refractivity contribution < 1.29 is 13.9 Å². The molecule has 1 N–H and O–H groups in total. The summed E-state index contributed by atoms with van der Waals surface area (Å²) < 4.78 is 11.4. The van der Waals surface area contributed by atoms with Gasteiger partial charge in [-0.15, -0.1) is 0 Å². The standard InChI is InChI=1S/C23H32N4O3/c1-18-5-3-4-6-20(18)25-9-11-27(12-10-25)23(28)24-17-21(22-8-7-19(2)30-22)26-13-15-29-16-14-26/h3-8,21H,9-17H2,1-2H3,(H,24,28). The second kappa shape index (κ2) is 9.53. The lowest BCUT2D eigenvalue weighted by molar-refractivity contribution is 0.0119. The van der Waals surface area contributed by atoms with Crippen LogP contribution in [0.1, 0.15) is 23.1 Å². The van der Waals surface area contributed by atoms with E-state index in [2.05, 4.69) is 46.3 Å². The van der Waals surface area contributed by atoms with E-state index in [-0.39, 0.29) is 12.1 Å². The maximum Gasteiger partial charge on any atom is 0.317 e. The molecular formula is C23H32N4O3. The van der Waals surface area contributed by atoms with Crippen LogP contribution in [0, 0.1) is 13.8 Å². The molecular weight excluding hydrogens is 380 g/mol. The minimum absolute atomic E-state index is 0.000899. The van der Waals surface area contributed by atoms with Crippen LogP contribution in [0.4, 0.5) is 10.5 Å². The average molecular weight is 413 g/mol. The molecule has 2 fully saturated rings. The molecule has 7 heteroatoms. The first-order chi connectivity index (χ1) is 14.6.